The zero-order chi connectivity index (χ0) is 17.2. The molecule has 0 spiro atoms. The number of rotatable bonds is 4. The van der Waals surface area contributed by atoms with Crippen LogP contribution >= 0.6 is 0 Å². The number of ether oxygens (including phenoxy) is 2. The second kappa shape index (κ2) is 6.83. The lowest BCUT2D eigenvalue weighted by Gasteiger charge is -2.37. The highest BCUT2D eigenvalue weighted by molar-refractivity contribution is 5.75. The van der Waals surface area contributed by atoms with E-state index < -0.39 is 0 Å². The van der Waals surface area contributed by atoms with Crippen LogP contribution < -0.4 is 14.4 Å². The molecule has 0 unspecified atom stereocenters. The van der Waals surface area contributed by atoms with Gasteiger partial charge in [-0.25, -0.2) is 0 Å². The minimum Gasteiger partial charge on any atom is -0.497 e. The second-order valence-corrected chi connectivity index (χ2v) is 6.86. The first kappa shape index (κ1) is 16.1. The lowest BCUT2D eigenvalue weighted by molar-refractivity contribution is 0.394. The predicted octanol–water partition coefficient (Wildman–Crippen LogP) is 4.57. The van der Waals surface area contributed by atoms with Gasteiger partial charge in [-0.15, -0.1) is 0 Å². The van der Waals surface area contributed by atoms with Crippen LogP contribution in [0.2, 0.25) is 0 Å². The van der Waals surface area contributed by atoms with Crippen molar-refractivity contribution in [2.24, 2.45) is 0 Å². The van der Waals surface area contributed by atoms with Gasteiger partial charge in [0, 0.05) is 24.8 Å². The molecule has 0 radical (unpaired) electrons. The topological polar surface area (TPSA) is 21.7 Å². The molecule has 0 N–H and O–H groups in total. The summed E-state index contributed by atoms with van der Waals surface area (Å²) in [5, 5.41) is 0. The van der Waals surface area contributed by atoms with Gasteiger partial charge in [-0.05, 0) is 72.2 Å². The maximum absolute atomic E-state index is 5.36. The van der Waals surface area contributed by atoms with Crippen molar-refractivity contribution in [3.05, 3.63) is 52.6 Å². The Morgan fingerprint density at radius 3 is 1.80 bits per heavy atom. The molecule has 0 saturated heterocycles. The third-order valence-electron chi connectivity index (χ3n) is 5.20. The standard InChI is InChI=1S/C22H25NO2/c1-24-20-13-17(14-21(15-20)25-2)8-7-16-11-18-5-3-9-23-10-4-6-19(12-16)22(18)23/h7-8,11-15H,3-6,9-10H2,1-2H3/b8-7+. The van der Waals surface area contributed by atoms with Crippen LogP contribution in [0.3, 0.4) is 0 Å². The quantitative estimate of drug-likeness (QED) is 0.764. The van der Waals surface area contributed by atoms with Crippen molar-refractivity contribution in [2.75, 3.05) is 32.2 Å². The summed E-state index contributed by atoms with van der Waals surface area (Å²) in [6.45, 7) is 2.44. The monoisotopic (exact) mass is 335 g/mol. The van der Waals surface area contributed by atoms with E-state index in [1.54, 1.807) is 14.2 Å². The van der Waals surface area contributed by atoms with Gasteiger partial charge in [-0.1, -0.05) is 12.2 Å². The number of benzene rings is 2. The molecule has 2 aromatic carbocycles. The van der Waals surface area contributed by atoms with Crippen molar-refractivity contribution in [3.8, 4) is 11.5 Å². The summed E-state index contributed by atoms with van der Waals surface area (Å²) in [6.07, 6.45) is 9.29. The maximum atomic E-state index is 5.36. The number of hydrogen-bond acceptors (Lipinski definition) is 3. The van der Waals surface area contributed by atoms with Crippen LogP contribution in [0.15, 0.2) is 30.3 Å². The summed E-state index contributed by atoms with van der Waals surface area (Å²) in [5.41, 5.74) is 6.94. The Balaban J connectivity index is 1.66. The summed E-state index contributed by atoms with van der Waals surface area (Å²) >= 11 is 0. The van der Waals surface area contributed by atoms with E-state index in [9.17, 15) is 0 Å². The molecule has 0 bridgehead atoms. The van der Waals surface area contributed by atoms with E-state index >= 15 is 0 Å². The minimum atomic E-state index is 0.815. The molecule has 25 heavy (non-hydrogen) atoms. The molecule has 3 nitrogen and oxygen atoms in total. The average molecular weight is 335 g/mol. The Labute approximate surface area is 149 Å². The number of hydrogen-bond donors (Lipinski definition) is 0. The van der Waals surface area contributed by atoms with Gasteiger partial charge in [-0.3, -0.25) is 0 Å². The first-order chi connectivity index (χ1) is 12.3. The van der Waals surface area contributed by atoms with Crippen LogP contribution in [-0.4, -0.2) is 27.3 Å². The summed E-state index contributed by atoms with van der Waals surface area (Å²) < 4.78 is 10.7. The van der Waals surface area contributed by atoms with Crippen molar-refractivity contribution < 1.29 is 9.47 Å². The predicted molar refractivity (Wildman–Crippen MR) is 104 cm³/mol. The van der Waals surface area contributed by atoms with Gasteiger partial charge in [0.25, 0.3) is 0 Å². The van der Waals surface area contributed by atoms with Gasteiger partial charge < -0.3 is 14.4 Å². The molecule has 0 aromatic heterocycles. The van der Waals surface area contributed by atoms with Gasteiger partial charge in [-0.2, -0.15) is 0 Å². The van der Waals surface area contributed by atoms with E-state index in [1.807, 2.05) is 18.2 Å². The van der Waals surface area contributed by atoms with Gasteiger partial charge in [0.2, 0.25) is 0 Å². The molecular weight excluding hydrogens is 310 g/mol. The van der Waals surface area contributed by atoms with Gasteiger partial charge >= 0.3 is 0 Å². The fraction of sp³-hybridized carbons (Fsp3) is 0.364. The Hall–Kier alpha value is -2.42. The molecule has 3 heteroatoms. The van der Waals surface area contributed by atoms with Crippen molar-refractivity contribution in [2.45, 2.75) is 25.7 Å². The minimum absolute atomic E-state index is 0.815. The Morgan fingerprint density at radius 2 is 1.28 bits per heavy atom. The molecule has 0 fully saturated rings. The van der Waals surface area contributed by atoms with E-state index in [2.05, 4.69) is 29.2 Å². The average Bonchev–Trinajstić information content (AvgIpc) is 2.66. The molecule has 0 atom stereocenters. The second-order valence-electron chi connectivity index (χ2n) is 6.86. The van der Waals surface area contributed by atoms with Gasteiger partial charge in [0.1, 0.15) is 11.5 Å². The van der Waals surface area contributed by atoms with Gasteiger partial charge in [0.05, 0.1) is 14.2 Å². The number of anilines is 1. The van der Waals surface area contributed by atoms with Crippen molar-refractivity contribution in [1.29, 1.82) is 0 Å². The van der Waals surface area contributed by atoms with E-state index in [4.69, 9.17) is 9.47 Å². The molecule has 130 valence electrons. The van der Waals surface area contributed by atoms with Crippen LogP contribution in [0.1, 0.15) is 35.1 Å². The molecule has 2 aliphatic heterocycles. The number of methoxy groups -OCH3 is 2. The van der Waals surface area contributed by atoms with Crippen molar-refractivity contribution in [1.82, 2.24) is 0 Å². The fourth-order valence-electron chi connectivity index (χ4n) is 4.04. The molecule has 0 amide bonds. The third-order valence-corrected chi connectivity index (χ3v) is 5.20. The maximum Gasteiger partial charge on any atom is 0.123 e. The first-order valence-electron chi connectivity index (χ1n) is 9.09. The molecular formula is C22H25NO2. The highest BCUT2D eigenvalue weighted by Crippen LogP contribution is 2.36. The SMILES string of the molecule is COc1cc(/C=C/c2cc3c4c(c2)CCCN4CCC3)cc(OC)c1. The van der Waals surface area contributed by atoms with Crippen LogP contribution in [0.5, 0.6) is 11.5 Å². The van der Waals surface area contributed by atoms with E-state index in [0.29, 0.717) is 0 Å². The lowest BCUT2D eigenvalue weighted by Crippen LogP contribution is -2.34. The summed E-state index contributed by atoms with van der Waals surface area (Å²) in [4.78, 5) is 2.58. The Bertz CT molecular complexity index is 756. The molecule has 2 aromatic rings. The number of aryl methyl sites for hydroxylation is 2. The summed E-state index contributed by atoms with van der Waals surface area (Å²) in [6, 6.07) is 10.7. The van der Waals surface area contributed by atoms with Gasteiger partial charge in [0.15, 0.2) is 0 Å². The largest absolute Gasteiger partial charge is 0.497 e. The fourth-order valence-corrected chi connectivity index (χ4v) is 4.04. The van der Waals surface area contributed by atoms with E-state index in [0.717, 1.165) is 17.1 Å². The van der Waals surface area contributed by atoms with Crippen LogP contribution in [-0.2, 0) is 12.8 Å². The summed E-state index contributed by atoms with van der Waals surface area (Å²) in [7, 11) is 3.37. The number of nitrogens with zero attached hydrogens (tertiary/aromatic N) is 1. The van der Waals surface area contributed by atoms with Crippen molar-refractivity contribution in [3.63, 3.8) is 0 Å². The normalized spacial score (nSPS) is 16.0. The molecule has 2 heterocycles. The zero-order valence-corrected chi connectivity index (χ0v) is 15.0. The van der Waals surface area contributed by atoms with E-state index in [1.165, 1.54) is 61.2 Å². The Morgan fingerprint density at radius 1 is 0.760 bits per heavy atom. The molecule has 4 rings (SSSR count). The third kappa shape index (κ3) is 3.23. The summed E-state index contributed by atoms with van der Waals surface area (Å²) in [5.74, 6) is 1.63. The van der Waals surface area contributed by atoms with Crippen LogP contribution in [0.25, 0.3) is 12.2 Å². The van der Waals surface area contributed by atoms with Crippen LogP contribution in [0.4, 0.5) is 5.69 Å². The molecule has 0 aliphatic carbocycles. The Kier molecular flexibility index (Phi) is 4.39. The zero-order valence-electron chi connectivity index (χ0n) is 15.0. The smallest absolute Gasteiger partial charge is 0.123 e. The highest BCUT2D eigenvalue weighted by atomic mass is 16.5. The first-order valence-corrected chi connectivity index (χ1v) is 9.09. The molecule has 0 saturated carbocycles. The molecule has 2 aliphatic rings. The highest BCUT2D eigenvalue weighted by Gasteiger charge is 2.23. The van der Waals surface area contributed by atoms with Crippen LogP contribution in [0, 0.1) is 0 Å². The van der Waals surface area contributed by atoms with E-state index in [-0.39, 0.29) is 0 Å². The lowest BCUT2D eigenvalue weighted by atomic mass is 9.90. The van der Waals surface area contributed by atoms with Crippen molar-refractivity contribution >= 4 is 17.8 Å².